The molecule has 2 rings (SSSR count). The molecule has 1 aliphatic rings. The minimum atomic E-state index is -0.895. The third kappa shape index (κ3) is 2.78. The van der Waals surface area contributed by atoms with Crippen LogP contribution < -0.4 is 4.74 Å². The molecule has 0 aliphatic heterocycles. The molecule has 1 fully saturated rings. The Kier molecular flexibility index (Phi) is 2.86. The van der Waals surface area contributed by atoms with E-state index in [0.717, 1.165) is 24.2 Å². The first kappa shape index (κ1) is 12.0. The number of aromatic carboxylic acids is 1. The number of hydrogen-bond donors (Lipinski definition) is 1. The van der Waals surface area contributed by atoms with Crippen LogP contribution in [0.15, 0.2) is 18.2 Å². The standard InChI is InChI=1S/C14H18O3/c1-14(2,3)11-8-9(13(15)16)4-7-12(11)17-10-5-6-10/h4,7-8,10H,5-6H2,1-3H3,(H,15,16). The molecule has 0 heterocycles. The van der Waals surface area contributed by atoms with E-state index in [-0.39, 0.29) is 5.41 Å². The molecule has 1 aromatic carbocycles. The Hall–Kier alpha value is -1.51. The van der Waals surface area contributed by atoms with Gasteiger partial charge in [0.1, 0.15) is 5.75 Å². The maximum Gasteiger partial charge on any atom is 0.335 e. The van der Waals surface area contributed by atoms with Crippen LogP contribution in [0.5, 0.6) is 5.75 Å². The van der Waals surface area contributed by atoms with Crippen LogP contribution in [0.1, 0.15) is 49.5 Å². The van der Waals surface area contributed by atoms with Crippen molar-refractivity contribution in [1.29, 1.82) is 0 Å². The van der Waals surface area contributed by atoms with Gasteiger partial charge in [-0.25, -0.2) is 4.79 Å². The van der Waals surface area contributed by atoms with Gasteiger partial charge in [-0.2, -0.15) is 0 Å². The number of hydrogen-bond acceptors (Lipinski definition) is 2. The Morgan fingerprint density at radius 2 is 2.00 bits per heavy atom. The van der Waals surface area contributed by atoms with Crippen molar-refractivity contribution >= 4 is 5.97 Å². The SMILES string of the molecule is CC(C)(C)c1cc(C(=O)O)ccc1OC1CC1. The van der Waals surface area contributed by atoms with Gasteiger partial charge in [0, 0.05) is 5.56 Å². The van der Waals surface area contributed by atoms with Gasteiger partial charge in [-0.1, -0.05) is 20.8 Å². The third-order valence-electron chi connectivity index (χ3n) is 2.85. The molecule has 0 unspecified atom stereocenters. The molecular weight excluding hydrogens is 216 g/mol. The zero-order valence-electron chi connectivity index (χ0n) is 10.5. The Morgan fingerprint density at radius 3 is 2.47 bits per heavy atom. The molecule has 1 aliphatic carbocycles. The summed E-state index contributed by atoms with van der Waals surface area (Å²) in [6, 6.07) is 5.11. The third-order valence-corrected chi connectivity index (χ3v) is 2.85. The van der Waals surface area contributed by atoms with Crippen molar-refractivity contribution in [2.24, 2.45) is 0 Å². The summed E-state index contributed by atoms with van der Waals surface area (Å²) < 4.78 is 5.82. The predicted octanol–water partition coefficient (Wildman–Crippen LogP) is 3.22. The van der Waals surface area contributed by atoms with Gasteiger partial charge in [0.15, 0.2) is 0 Å². The van der Waals surface area contributed by atoms with Crippen molar-refractivity contribution in [3.05, 3.63) is 29.3 Å². The van der Waals surface area contributed by atoms with E-state index in [0.29, 0.717) is 11.7 Å². The lowest BCUT2D eigenvalue weighted by molar-refractivity contribution is 0.0696. The van der Waals surface area contributed by atoms with Crippen molar-refractivity contribution in [1.82, 2.24) is 0 Å². The van der Waals surface area contributed by atoms with Crippen LogP contribution in [0.4, 0.5) is 0 Å². The van der Waals surface area contributed by atoms with Gasteiger partial charge in [-0.05, 0) is 36.5 Å². The van der Waals surface area contributed by atoms with Crippen molar-refractivity contribution < 1.29 is 14.6 Å². The van der Waals surface area contributed by atoms with E-state index in [9.17, 15) is 4.79 Å². The molecular formula is C14H18O3. The first-order valence-corrected chi connectivity index (χ1v) is 5.92. The van der Waals surface area contributed by atoms with E-state index in [1.54, 1.807) is 18.2 Å². The van der Waals surface area contributed by atoms with Gasteiger partial charge in [-0.3, -0.25) is 0 Å². The molecule has 1 aromatic rings. The monoisotopic (exact) mass is 234 g/mol. The van der Waals surface area contributed by atoms with E-state index in [1.165, 1.54) is 0 Å². The summed E-state index contributed by atoms with van der Waals surface area (Å²) in [6.45, 7) is 6.19. The quantitative estimate of drug-likeness (QED) is 0.873. The van der Waals surface area contributed by atoms with Crippen molar-refractivity contribution in [3.8, 4) is 5.75 Å². The van der Waals surface area contributed by atoms with Gasteiger partial charge in [-0.15, -0.1) is 0 Å². The van der Waals surface area contributed by atoms with E-state index in [2.05, 4.69) is 20.8 Å². The second kappa shape index (κ2) is 4.06. The zero-order chi connectivity index (χ0) is 12.6. The first-order chi connectivity index (χ1) is 7.88. The molecule has 0 saturated heterocycles. The number of carboxylic acids is 1. The molecule has 0 radical (unpaired) electrons. The molecule has 0 spiro atoms. The molecule has 92 valence electrons. The summed E-state index contributed by atoms with van der Waals surface area (Å²) in [4.78, 5) is 11.0. The lowest BCUT2D eigenvalue weighted by Gasteiger charge is -2.23. The Bertz CT molecular complexity index is 439. The number of rotatable bonds is 3. The molecule has 3 nitrogen and oxygen atoms in total. The van der Waals surface area contributed by atoms with E-state index < -0.39 is 5.97 Å². The van der Waals surface area contributed by atoms with Gasteiger partial charge in [0.2, 0.25) is 0 Å². The Balaban J connectivity index is 2.39. The minimum absolute atomic E-state index is 0.115. The highest BCUT2D eigenvalue weighted by molar-refractivity contribution is 5.88. The van der Waals surface area contributed by atoms with Crippen LogP contribution in [0.25, 0.3) is 0 Å². The van der Waals surface area contributed by atoms with Crippen molar-refractivity contribution in [3.63, 3.8) is 0 Å². The number of ether oxygens (including phenoxy) is 1. The summed E-state index contributed by atoms with van der Waals surface area (Å²) in [5.41, 5.74) is 1.16. The van der Waals surface area contributed by atoms with E-state index in [4.69, 9.17) is 9.84 Å². The average molecular weight is 234 g/mol. The van der Waals surface area contributed by atoms with Crippen LogP contribution in [0.2, 0.25) is 0 Å². The molecule has 1 N–H and O–H groups in total. The lowest BCUT2D eigenvalue weighted by Crippen LogP contribution is -2.15. The van der Waals surface area contributed by atoms with Crippen LogP contribution in [0, 0.1) is 0 Å². The normalized spacial score (nSPS) is 15.7. The highest BCUT2D eigenvalue weighted by Crippen LogP contribution is 2.36. The van der Waals surface area contributed by atoms with Crippen LogP contribution in [0.3, 0.4) is 0 Å². The number of carboxylic acid groups (broad SMARTS) is 1. The molecule has 17 heavy (non-hydrogen) atoms. The van der Waals surface area contributed by atoms with Crippen molar-refractivity contribution in [2.75, 3.05) is 0 Å². The molecule has 1 saturated carbocycles. The van der Waals surface area contributed by atoms with Crippen LogP contribution in [-0.2, 0) is 5.41 Å². The first-order valence-electron chi connectivity index (χ1n) is 5.92. The lowest BCUT2D eigenvalue weighted by atomic mass is 9.85. The maximum absolute atomic E-state index is 11.0. The van der Waals surface area contributed by atoms with E-state index in [1.807, 2.05) is 0 Å². The zero-order valence-corrected chi connectivity index (χ0v) is 10.5. The number of carbonyl (C=O) groups is 1. The maximum atomic E-state index is 11.0. The van der Waals surface area contributed by atoms with Crippen LogP contribution >= 0.6 is 0 Å². The fourth-order valence-corrected chi connectivity index (χ4v) is 1.72. The fourth-order valence-electron chi connectivity index (χ4n) is 1.72. The molecule has 3 heteroatoms. The summed E-state index contributed by atoms with van der Waals surface area (Å²) in [7, 11) is 0. The Labute approximate surface area is 101 Å². The largest absolute Gasteiger partial charge is 0.490 e. The molecule has 0 amide bonds. The van der Waals surface area contributed by atoms with Gasteiger partial charge < -0.3 is 9.84 Å². The van der Waals surface area contributed by atoms with E-state index >= 15 is 0 Å². The Morgan fingerprint density at radius 1 is 1.35 bits per heavy atom. The highest BCUT2D eigenvalue weighted by Gasteiger charge is 2.27. The topological polar surface area (TPSA) is 46.5 Å². The second-order valence-electron chi connectivity index (χ2n) is 5.58. The van der Waals surface area contributed by atoms with Gasteiger partial charge in [0.05, 0.1) is 11.7 Å². The van der Waals surface area contributed by atoms with Gasteiger partial charge >= 0.3 is 5.97 Å². The second-order valence-corrected chi connectivity index (χ2v) is 5.58. The summed E-state index contributed by atoms with van der Waals surface area (Å²) >= 11 is 0. The summed E-state index contributed by atoms with van der Waals surface area (Å²) in [5.74, 6) is -0.0709. The minimum Gasteiger partial charge on any atom is -0.490 e. The van der Waals surface area contributed by atoms with Gasteiger partial charge in [0.25, 0.3) is 0 Å². The average Bonchev–Trinajstić information content (AvgIpc) is 3.00. The molecule has 0 atom stereocenters. The molecule has 0 aromatic heterocycles. The fraction of sp³-hybridized carbons (Fsp3) is 0.500. The van der Waals surface area contributed by atoms with Crippen molar-refractivity contribution in [2.45, 2.75) is 45.1 Å². The number of benzene rings is 1. The predicted molar refractivity (Wildman–Crippen MR) is 65.8 cm³/mol. The summed E-state index contributed by atoms with van der Waals surface area (Å²) in [5, 5.41) is 9.02. The summed E-state index contributed by atoms with van der Waals surface area (Å²) in [6.07, 6.45) is 2.53. The molecule has 0 bridgehead atoms. The smallest absolute Gasteiger partial charge is 0.335 e. The highest BCUT2D eigenvalue weighted by atomic mass is 16.5. The van der Waals surface area contributed by atoms with Crippen LogP contribution in [-0.4, -0.2) is 17.2 Å².